The molecule has 1 aromatic heterocycles. The zero-order valence-electron chi connectivity index (χ0n) is 17.0. The second kappa shape index (κ2) is 7.88. The molecule has 0 bridgehead atoms. The monoisotopic (exact) mass is 421 g/mol. The number of aromatic amines is 1. The molecule has 0 spiro atoms. The highest BCUT2D eigenvalue weighted by Crippen LogP contribution is 2.41. The van der Waals surface area contributed by atoms with Gasteiger partial charge in [-0.1, -0.05) is 42.0 Å². The van der Waals surface area contributed by atoms with Crippen LogP contribution in [0.1, 0.15) is 21.9 Å². The Morgan fingerprint density at radius 2 is 1.57 bits per heavy atom. The fourth-order valence-electron chi connectivity index (χ4n) is 3.72. The summed E-state index contributed by atoms with van der Waals surface area (Å²) in [7, 11) is -0.654. The van der Waals surface area contributed by atoms with Crippen LogP contribution in [-0.4, -0.2) is 27.6 Å². The average molecular weight is 422 g/mol. The first-order valence-corrected chi connectivity index (χ1v) is 11.1. The second-order valence-corrected chi connectivity index (χ2v) is 9.17. The molecule has 0 radical (unpaired) electrons. The second-order valence-electron chi connectivity index (χ2n) is 7.14. The highest BCUT2D eigenvalue weighted by atomic mass is 32.2. The molecule has 0 fully saturated rings. The number of methoxy groups -OCH3 is 2. The normalized spacial score (nSPS) is 12.6. The van der Waals surface area contributed by atoms with Crippen LogP contribution < -0.4 is 9.47 Å². The van der Waals surface area contributed by atoms with E-state index in [1.165, 1.54) is 7.11 Å². The number of sulfone groups is 1. The van der Waals surface area contributed by atoms with E-state index < -0.39 is 15.1 Å². The Bertz CT molecular complexity index is 1290. The third-order valence-electron chi connectivity index (χ3n) is 5.27. The Morgan fingerprint density at radius 1 is 0.867 bits per heavy atom. The summed E-state index contributed by atoms with van der Waals surface area (Å²) in [4.78, 5) is 3.48. The van der Waals surface area contributed by atoms with Gasteiger partial charge < -0.3 is 14.5 Å². The lowest BCUT2D eigenvalue weighted by Crippen LogP contribution is -2.15. The van der Waals surface area contributed by atoms with Crippen LogP contribution in [-0.2, 0) is 9.84 Å². The Balaban J connectivity index is 1.97. The molecule has 0 saturated carbocycles. The van der Waals surface area contributed by atoms with E-state index in [4.69, 9.17) is 9.47 Å². The van der Waals surface area contributed by atoms with Crippen LogP contribution in [0, 0.1) is 6.92 Å². The Kier molecular flexibility index (Phi) is 5.26. The molecule has 0 amide bonds. The quantitative estimate of drug-likeness (QED) is 0.473. The smallest absolute Gasteiger partial charge is 0.189 e. The standard InChI is InChI=1S/C24H23NO4S/c1-16-8-11-18(12-9-16)30(26,27)24(17-10-13-22(28-2)23(14-17)29-3)20-15-25-21-7-5-4-6-19(20)21/h4-15,24-25H,1-3H3. The summed E-state index contributed by atoms with van der Waals surface area (Å²) < 4.78 is 38.5. The number of ether oxygens (including phenoxy) is 2. The molecular weight excluding hydrogens is 398 g/mol. The number of para-hydroxylation sites is 1. The minimum Gasteiger partial charge on any atom is -0.493 e. The summed E-state index contributed by atoms with van der Waals surface area (Å²) >= 11 is 0. The lowest BCUT2D eigenvalue weighted by molar-refractivity contribution is 0.354. The van der Waals surface area contributed by atoms with Crippen molar-refractivity contribution in [2.45, 2.75) is 17.1 Å². The first-order chi connectivity index (χ1) is 14.5. The largest absolute Gasteiger partial charge is 0.493 e. The third kappa shape index (κ3) is 3.44. The number of rotatable bonds is 6. The fraction of sp³-hybridized carbons (Fsp3) is 0.167. The number of hydrogen-bond acceptors (Lipinski definition) is 4. The summed E-state index contributed by atoms with van der Waals surface area (Å²) in [5, 5.41) is -0.0378. The number of H-pyrrole nitrogens is 1. The number of aromatic nitrogens is 1. The molecule has 1 unspecified atom stereocenters. The zero-order valence-corrected chi connectivity index (χ0v) is 17.9. The molecule has 0 aliphatic carbocycles. The zero-order chi connectivity index (χ0) is 21.3. The van der Waals surface area contributed by atoms with Crippen molar-refractivity contribution in [2.75, 3.05) is 14.2 Å². The maximum Gasteiger partial charge on any atom is 0.189 e. The van der Waals surface area contributed by atoms with E-state index >= 15 is 0 Å². The molecule has 6 heteroatoms. The maximum atomic E-state index is 13.9. The van der Waals surface area contributed by atoms with Crippen LogP contribution >= 0.6 is 0 Å². The summed E-state index contributed by atoms with van der Waals surface area (Å²) in [6, 6.07) is 19.9. The third-order valence-corrected chi connectivity index (χ3v) is 7.35. The molecule has 1 N–H and O–H groups in total. The average Bonchev–Trinajstić information content (AvgIpc) is 3.17. The highest BCUT2D eigenvalue weighted by Gasteiger charge is 2.33. The molecule has 1 heterocycles. The molecule has 0 aliphatic rings. The van der Waals surface area contributed by atoms with Crippen molar-refractivity contribution in [3.63, 3.8) is 0 Å². The molecule has 5 nitrogen and oxygen atoms in total. The first-order valence-electron chi connectivity index (χ1n) is 9.54. The molecule has 4 rings (SSSR count). The molecule has 30 heavy (non-hydrogen) atoms. The minimum atomic E-state index is -3.75. The summed E-state index contributed by atoms with van der Waals surface area (Å²) in [6.07, 6.45) is 1.78. The topological polar surface area (TPSA) is 68.4 Å². The number of fused-ring (bicyclic) bond motifs is 1. The van der Waals surface area contributed by atoms with E-state index in [1.54, 1.807) is 43.6 Å². The van der Waals surface area contributed by atoms with Gasteiger partial charge in [-0.05, 0) is 42.8 Å². The van der Waals surface area contributed by atoms with E-state index in [0.29, 0.717) is 22.6 Å². The van der Waals surface area contributed by atoms with Gasteiger partial charge in [-0.2, -0.15) is 0 Å². The van der Waals surface area contributed by atoms with Crippen molar-refractivity contribution in [3.8, 4) is 11.5 Å². The maximum absolute atomic E-state index is 13.9. The number of aryl methyl sites for hydroxylation is 1. The van der Waals surface area contributed by atoms with E-state index in [1.807, 2.05) is 43.3 Å². The number of benzene rings is 3. The van der Waals surface area contributed by atoms with Crippen molar-refractivity contribution in [1.82, 2.24) is 4.98 Å². The van der Waals surface area contributed by atoms with Gasteiger partial charge in [-0.3, -0.25) is 0 Å². The molecule has 1 atom stereocenters. The van der Waals surface area contributed by atoms with Crippen LogP contribution in [0.4, 0.5) is 0 Å². The number of hydrogen-bond donors (Lipinski definition) is 1. The lowest BCUT2D eigenvalue weighted by Gasteiger charge is -2.20. The Labute approximate surface area is 176 Å². The van der Waals surface area contributed by atoms with Gasteiger partial charge in [0.2, 0.25) is 0 Å². The lowest BCUT2D eigenvalue weighted by atomic mass is 10.0. The molecule has 3 aromatic carbocycles. The highest BCUT2D eigenvalue weighted by molar-refractivity contribution is 7.92. The van der Waals surface area contributed by atoms with Gasteiger partial charge in [0.15, 0.2) is 21.3 Å². The molecule has 0 saturated heterocycles. The predicted octanol–water partition coefficient (Wildman–Crippen LogP) is 5.06. The Morgan fingerprint density at radius 3 is 2.27 bits per heavy atom. The van der Waals surface area contributed by atoms with Gasteiger partial charge in [0, 0.05) is 22.7 Å². The van der Waals surface area contributed by atoms with Crippen LogP contribution in [0.5, 0.6) is 11.5 Å². The van der Waals surface area contributed by atoms with Crippen molar-refractivity contribution in [3.05, 3.63) is 89.6 Å². The van der Waals surface area contributed by atoms with E-state index in [0.717, 1.165) is 16.5 Å². The molecule has 154 valence electrons. The van der Waals surface area contributed by atoms with E-state index in [2.05, 4.69) is 4.98 Å². The summed E-state index contributed by atoms with van der Waals surface area (Å²) in [5.74, 6) is 1.03. The minimum absolute atomic E-state index is 0.276. The Hall–Kier alpha value is -3.25. The van der Waals surface area contributed by atoms with Crippen molar-refractivity contribution < 1.29 is 17.9 Å². The fourth-order valence-corrected chi connectivity index (χ4v) is 5.54. The molecule has 4 aromatic rings. The molecular formula is C24H23NO4S. The van der Waals surface area contributed by atoms with Crippen molar-refractivity contribution in [1.29, 1.82) is 0 Å². The van der Waals surface area contributed by atoms with Gasteiger partial charge in [-0.15, -0.1) is 0 Å². The van der Waals surface area contributed by atoms with Gasteiger partial charge in [0.1, 0.15) is 5.25 Å². The van der Waals surface area contributed by atoms with E-state index in [-0.39, 0.29) is 4.90 Å². The van der Waals surface area contributed by atoms with Gasteiger partial charge >= 0.3 is 0 Å². The van der Waals surface area contributed by atoms with E-state index in [9.17, 15) is 8.42 Å². The van der Waals surface area contributed by atoms with Gasteiger partial charge in [0.05, 0.1) is 19.1 Å². The van der Waals surface area contributed by atoms with Crippen molar-refractivity contribution in [2.24, 2.45) is 0 Å². The SMILES string of the molecule is COc1ccc(C(c2c[nH]c3ccccc23)S(=O)(=O)c2ccc(C)cc2)cc1OC. The predicted molar refractivity (Wildman–Crippen MR) is 118 cm³/mol. The molecule has 0 aliphatic heterocycles. The van der Waals surface area contributed by atoms with Crippen LogP contribution in [0.2, 0.25) is 0 Å². The van der Waals surface area contributed by atoms with Gasteiger partial charge in [-0.25, -0.2) is 8.42 Å². The van der Waals surface area contributed by atoms with Crippen molar-refractivity contribution >= 4 is 20.7 Å². The first kappa shape index (κ1) is 20.0. The summed E-state index contributed by atoms with van der Waals surface area (Å²) in [5.41, 5.74) is 3.19. The van der Waals surface area contributed by atoms with Crippen LogP contribution in [0.25, 0.3) is 10.9 Å². The van der Waals surface area contributed by atoms with Gasteiger partial charge in [0.25, 0.3) is 0 Å². The van der Waals surface area contributed by atoms with Crippen LogP contribution in [0.15, 0.2) is 77.8 Å². The summed E-state index contributed by atoms with van der Waals surface area (Å²) in [6.45, 7) is 1.93. The number of nitrogens with one attached hydrogen (secondary N) is 1. The van der Waals surface area contributed by atoms with Crippen LogP contribution in [0.3, 0.4) is 0 Å².